The van der Waals surface area contributed by atoms with Crippen LogP contribution in [0.5, 0.6) is 0 Å². The number of allylic oxidation sites excluding steroid dienone is 2. The second kappa shape index (κ2) is 14.9. The third-order valence-corrected chi connectivity index (χ3v) is 12.3. The molecule has 0 bridgehead atoms. The lowest BCUT2D eigenvalue weighted by atomic mass is 9.78. The van der Waals surface area contributed by atoms with Crippen LogP contribution in [0.3, 0.4) is 0 Å². The van der Waals surface area contributed by atoms with Crippen molar-refractivity contribution in [3.05, 3.63) is 254 Å². The number of fused-ring (bicyclic) bond motifs is 4. The van der Waals surface area contributed by atoms with E-state index in [9.17, 15) is 0 Å². The molecular weight excluding hydrogens is 725 g/mol. The molecule has 284 valence electrons. The Morgan fingerprint density at radius 3 is 1.40 bits per heavy atom. The Kier molecular flexibility index (Phi) is 8.82. The summed E-state index contributed by atoms with van der Waals surface area (Å²) in [7, 11) is 0. The van der Waals surface area contributed by atoms with Crippen LogP contribution in [0.15, 0.2) is 243 Å². The number of nitrogens with zero attached hydrogens (tertiary/aromatic N) is 2. The van der Waals surface area contributed by atoms with Crippen LogP contribution in [0, 0.1) is 0 Å². The highest BCUT2D eigenvalue weighted by Gasteiger charge is 2.39. The smallest absolute Gasteiger partial charge is 0.0924 e. The fourth-order valence-corrected chi connectivity index (χ4v) is 9.34. The van der Waals surface area contributed by atoms with Crippen LogP contribution in [-0.2, 0) is 5.54 Å². The lowest BCUT2D eigenvalue weighted by Crippen LogP contribution is -2.42. The van der Waals surface area contributed by atoms with Gasteiger partial charge in [0.05, 0.1) is 16.9 Å². The van der Waals surface area contributed by atoms with Gasteiger partial charge in [0.15, 0.2) is 0 Å². The average Bonchev–Trinajstić information content (AvgIpc) is 3.32. The van der Waals surface area contributed by atoms with Gasteiger partial charge < -0.3 is 9.80 Å². The highest BCUT2D eigenvalue weighted by Crippen LogP contribution is 2.49. The molecule has 0 aliphatic heterocycles. The molecule has 0 amide bonds. The van der Waals surface area contributed by atoms with Gasteiger partial charge in [-0.2, -0.15) is 0 Å². The Morgan fingerprint density at radius 2 is 0.833 bits per heavy atom. The van der Waals surface area contributed by atoms with Crippen LogP contribution in [0.2, 0.25) is 0 Å². The topological polar surface area (TPSA) is 6.48 Å². The standard InChI is InChI=1S/C58H42N2/c1-4-22-50(23-5-1)58(60(53-26-8-3-9-27-53)57-29-15-21-49-39-45-17-11-13-19-47(45)41-55(49)57)36-34-43(35-37-58)42-30-32-52(33-31-42)59(51-24-6-2-7-25-51)56-28-14-20-48-38-44-16-10-12-18-46(44)40-54(48)56/h1-36,38-41H,37H2. The van der Waals surface area contributed by atoms with Crippen LogP contribution < -0.4 is 9.80 Å². The van der Waals surface area contributed by atoms with Crippen LogP contribution >= 0.6 is 0 Å². The van der Waals surface area contributed by atoms with Crippen molar-refractivity contribution in [1.82, 2.24) is 0 Å². The van der Waals surface area contributed by atoms with Gasteiger partial charge in [0, 0.05) is 27.8 Å². The third-order valence-electron chi connectivity index (χ3n) is 12.3. The zero-order valence-electron chi connectivity index (χ0n) is 33.2. The van der Waals surface area contributed by atoms with Gasteiger partial charge in [0.2, 0.25) is 0 Å². The SMILES string of the molecule is C1=CC(c2ccccc2)(N(c2ccccc2)c2cccc3cc4ccccc4cc23)CC=C1c1ccc(N(c2ccccc2)c2cccc3cc4ccccc4cc23)cc1. The van der Waals surface area contributed by atoms with Gasteiger partial charge in [0.1, 0.15) is 0 Å². The first-order chi connectivity index (χ1) is 29.7. The van der Waals surface area contributed by atoms with E-state index in [1.807, 2.05) is 0 Å². The van der Waals surface area contributed by atoms with Gasteiger partial charge in [0.25, 0.3) is 0 Å². The fraction of sp³-hybridized carbons (Fsp3) is 0.0345. The summed E-state index contributed by atoms with van der Waals surface area (Å²) < 4.78 is 0. The molecule has 10 aromatic rings. The largest absolute Gasteiger partial charge is 0.327 e. The van der Waals surface area contributed by atoms with E-state index < -0.39 is 5.54 Å². The van der Waals surface area contributed by atoms with Gasteiger partial charge >= 0.3 is 0 Å². The number of para-hydroxylation sites is 2. The molecule has 0 spiro atoms. The number of hydrogen-bond acceptors (Lipinski definition) is 2. The third kappa shape index (κ3) is 6.22. The Bertz CT molecular complexity index is 3220. The van der Waals surface area contributed by atoms with Crippen LogP contribution in [-0.4, -0.2) is 0 Å². The highest BCUT2D eigenvalue weighted by atomic mass is 15.2. The zero-order valence-corrected chi connectivity index (χ0v) is 33.2. The maximum Gasteiger partial charge on any atom is 0.0924 e. The molecule has 1 aliphatic carbocycles. The summed E-state index contributed by atoms with van der Waals surface area (Å²) in [5, 5.41) is 9.89. The normalized spacial score (nSPS) is 15.0. The molecule has 1 aliphatic rings. The first-order valence-electron chi connectivity index (χ1n) is 20.8. The van der Waals surface area contributed by atoms with Crippen LogP contribution in [0.1, 0.15) is 17.5 Å². The first kappa shape index (κ1) is 35.5. The summed E-state index contributed by atoms with van der Waals surface area (Å²) in [6.45, 7) is 0. The van der Waals surface area contributed by atoms with E-state index in [1.54, 1.807) is 0 Å². The van der Waals surface area contributed by atoms with Crippen molar-refractivity contribution < 1.29 is 0 Å². The molecule has 0 saturated heterocycles. The average molecular weight is 767 g/mol. The van der Waals surface area contributed by atoms with Gasteiger partial charge in [-0.25, -0.2) is 0 Å². The van der Waals surface area contributed by atoms with Crippen molar-refractivity contribution in [2.24, 2.45) is 0 Å². The number of rotatable bonds is 8. The summed E-state index contributed by atoms with van der Waals surface area (Å²) in [5.74, 6) is 0. The van der Waals surface area contributed by atoms with Crippen molar-refractivity contribution in [3.8, 4) is 0 Å². The maximum atomic E-state index is 2.57. The molecule has 11 rings (SSSR count). The van der Waals surface area contributed by atoms with E-state index in [-0.39, 0.29) is 0 Å². The predicted molar refractivity (Wildman–Crippen MR) is 256 cm³/mol. The molecular formula is C58H42N2. The van der Waals surface area contributed by atoms with Gasteiger partial charge in [-0.05, 0) is 128 Å². The van der Waals surface area contributed by atoms with Crippen molar-refractivity contribution in [2.75, 3.05) is 9.80 Å². The number of hydrogen-bond donors (Lipinski definition) is 0. The predicted octanol–water partition coefficient (Wildman–Crippen LogP) is 15.8. The summed E-state index contributed by atoms with van der Waals surface area (Å²) in [6.07, 6.45) is 7.99. The van der Waals surface area contributed by atoms with E-state index in [4.69, 9.17) is 0 Å². The monoisotopic (exact) mass is 766 g/mol. The van der Waals surface area contributed by atoms with E-state index in [2.05, 4.69) is 252 Å². The van der Waals surface area contributed by atoms with E-state index in [0.717, 1.165) is 29.2 Å². The molecule has 2 heteroatoms. The molecule has 2 nitrogen and oxygen atoms in total. The minimum atomic E-state index is -0.491. The Labute approximate surface area is 351 Å². The number of benzene rings is 10. The lowest BCUT2D eigenvalue weighted by molar-refractivity contribution is 0.549. The molecule has 0 fully saturated rings. The lowest BCUT2D eigenvalue weighted by Gasteiger charge is -2.45. The van der Waals surface area contributed by atoms with Crippen molar-refractivity contribution >= 4 is 77.1 Å². The molecule has 0 radical (unpaired) electrons. The maximum absolute atomic E-state index is 2.57. The summed E-state index contributed by atoms with van der Waals surface area (Å²) in [6, 6.07) is 81.7. The molecule has 0 heterocycles. The van der Waals surface area contributed by atoms with Crippen molar-refractivity contribution in [1.29, 1.82) is 0 Å². The van der Waals surface area contributed by atoms with Gasteiger partial charge in [-0.15, -0.1) is 0 Å². The Balaban J connectivity index is 1.01. The molecule has 0 aromatic heterocycles. The minimum absolute atomic E-state index is 0.491. The summed E-state index contributed by atoms with van der Waals surface area (Å²) in [5.41, 5.74) is 8.88. The van der Waals surface area contributed by atoms with Crippen molar-refractivity contribution in [2.45, 2.75) is 12.0 Å². The quantitative estimate of drug-likeness (QED) is 0.142. The second-order valence-corrected chi connectivity index (χ2v) is 15.8. The van der Waals surface area contributed by atoms with E-state index in [1.165, 1.54) is 65.5 Å². The van der Waals surface area contributed by atoms with E-state index in [0.29, 0.717) is 0 Å². The molecule has 1 unspecified atom stereocenters. The minimum Gasteiger partial charge on any atom is -0.327 e. The van der Waals surface area contributed by atoms with Gasteiger partial charge in [-0.1, -0.05) is 170 Å². The molecule has 60 heavy (non-hydrogen) atoms. The molecule has 10 aromatic carbocycles. The molecule has 0 saturated carbocycles. The summed E-state index contributed by atoms with van der Waals surface area (Å²) in [4.78, 5) is 4.95. The second-order valence-electron chi connectivity index (χ2n) is 15.8. The summed E-state index contributed by atoms with van der Waals surface area (Å²) >= 11 is 0. The fourth-order valence-electron chi connectivity index (χ4n) is 9.34. The van der Waals surface area contributed by atoms with Crippen molar-refractivity contribution in [3.63, 3.8) is 0 Å². The zero-order chi connectivity index (χ0) is 39.9. The first-order valence-corrected chi connectivity index (χ1v) is 20.8. The van der Waals surface area contributed by atoms with Gasteiger partial charge in [-0.3, -0.25) is 0 Å². The molecule has 0 N–H and O–H groups in total. The highest BCUT2D eigenvalue weighted by molar-refractivity contribution is 6.07. The Hall–Kier alpha value is -7.68. The number of anilines is 5. The van der Waals surface area contributed by atoms with E-state index >= 15 is 0 Å². The van der Waals surface area contributed by atoms with Crippen LogP contribution in [0.25, 0.3) is 48.7 Å². The van der Waals surface area contributed by atoms with Crippen LogP contribution in [0.4, 0.5) is 28.4 Å². The Morgan fingerprint density at radius 1 is 0.367 bits per heavy atom. The molecule has 1 atom stereocenters.